The molecule has 2 aliphatic heterocycles. The molecule has 2 fully saturated rings. The molecule has 0 aromatic carbocycles. The van der Waals surface area contributed by atoms with E-state index in [0.717, 1.165) is 26.2 Å². The lowest BCUT2D eigenvalue weighted by molar-refractivity contribution is 0.0382. The Morgan fingerprint density at radius 2 is 2.21 bits per heavy atom. The second kappa shape index (κ2) is 3.28. The zero-order valence-corrected chi connectivity index (χ0v) is 8.41. The molecule has 1 spiro atoms. The highest BCUT2D eigenvalue weighted by atomic mass is 16.5. The lowest BCUT2D eigenvalue weighted by atomic mass is 9.77. The van der Waals surface area contributed by atoms with Gasteiger partial charge in [-0.3, -0.25) is 0 Å². The molecular formula is C10H17N3O. The maximum atomic E-state index is 5.51. The van der Waals surface area contributed by atoms with E-state index >= 15 is 0 Å². The van der Waals surface area contributed by atoms with Crippen LogP contribution in [0.1, 0.15) is 25.7 Å². The zero-order chi connectivity index (χ0) is 9.43. The van der Waals surface area contributed by atoms with Crippen molar-refractivity contribution in [2.45, 2.75) is 37.4 Å². The van der Waals surface area contributed by atoms with E-state index in [2.05, 4.69) is 15.5 Å². The maximum Gasteiger partial charge on any atom is 0.195 e. The Balaban J connectivity index is 1.69. The number of nitrogens with zero attached hydrogens (tertiary/aromatic N) is 2. The predicted octanol–water partition coefficient (Wildman–Crippen LogP) is 1.33. The van der Waals surface area contributed by atoms with Crippen LogP contribution < -0.4 is 5.32 Å². The van der Waals surface area contributed by atoms with Crippen LogP contribution in [-0.4, -0.2) is 31.5 Å². The predicted molar refractivity (Wildman–Crippen MR) is 52.2 cm³/mol. The van der Waals surface area contributed by atoms with Crippen LogP contribution in [-0.2, 0) is 4.74 Å². The Hall–Kier alpha value is -0.480. The van der Waals surface area contributed by atoms with Crippen LogP contribution in [0.4, 0.5) is 0 Å². The molecule has 0 bridgehead atoms. The van der Waals surface area contributed by atoms with Gasteiger partial charge in [-0.25, -0.2) is 0 Å². The molecule has 4 heteroatoms. The van der Waals surface area contributed by atoms with Crippen molar-refractivity contribution in [1.82, 2.24) is 5.32 Å². The molecule has 2 atom stereocenters. The number of hydrogen-bond acceptors (Lipinski definition) is 4. The summed E-state index contributed by atoms with van der Waals surface area (Å²) in [6.07, 6.45) is 5.04. The van der Waals surface area contributed by atoms with Crippen molar-refractivity contribution in [3.63, 3.8) is 0 Å². The summed E-state index contributed by atoms with van der Waals surface area (Å²) in [7, 11) is 0. The molecule has 0 aromatic rings. The molecule has 1 aliphatic carbocycles. The molecule has 1 saturated heterocycles. The Labute approximate surface area is 84.1 Å². The van der Waals surface area contributed by atoms with Gasteiger partial charge in [0, 0.05) is 18.5 Å². The molecule has 3 rings (SSSR count). The minimum atomic E-state index is 0.0105. The van der Waals surface area contributed by atoms with Gasteiger partial charge < -0.3 is 10.1 Å². The van der Waals surface area contributed by atoms with Crippen LogP contribution in [0.3, 0.4) is 0 Å². The monoisotopic (exact) mass is 195 g/mol. The van der Waals surface area contributed by atoms with Crippen molar-refractivity contribution in [3.8, 4) is 0 Å². The van der Waals surface area contributed by atoms with Gasteiger partial charge in [0.15, 0.2) is 5.66 Å². The van der Waals surface area contributed by atoms with Gasteiger partial charge in [-0.05, 0) is 19.3 Å². The van der Waals surface area contributed by atoms with E-state index in [-0.39, 0.29) is 5.66 Å². The number of morpholine rings is 1. The average Bonchev–Trinajstić information content (AvgIpc) is 3.01. The van der Waals surface area contributed by atoms with E-state index in [9.17, 15) is 0 Å². The van der Waals surface area contributed by atoms with Crippen LogP contribution in [0.2, 0.25) is 0 Å². The highest BCUT2D eigenvalue weighted by molar-refractivity contribution is 5.05. The van der Waals surface area contributed by atoms with Gasteiger partial charge in [0.1, 0.15) is 0 Å². The summed E-state index contributed by atoms with van der Waals surface area (Å²) < 4.78 is 5.51. The molecule has 2 heterocycles. The molecule has 3 aliphatic rings. The van der Waals surface area contributed by atoms with Crippen LogP contribution in [0.15, 0.2) is 10.2 Å². The molecule has 0 amide bonds. The number of rotatable bonds is 1. The Morgan fingerprint density at radius 3 is 2.93 bits per heavy atom. The number of nitrogens with one attached hydrogen (secondary N) is 1. The smallest absolute Gasteiger partial charge is 0.195 e. The summed E-state index contributed by atoms with van der Waals surface area (Å²) >= 11 is 0. The maximum absolute atomic E-state index is 5.51. The van der Waals surface area contributed by atoms with Crippen molar-refractivity contribution in [1.29, 1.82) is 0 Å². The van der Waals surface area contributed by atoms with Gasteiger partial charge in [-0.1, -0.05) is 6.42 Å². The summed E-state index contributed by atoms with van der Waals surface area (Å²) in [6, 6.07) is 0.485. The first-order chi connectivity index (χ1) is 6.91. The van der Waals surface area contributed by atoms with Crippen molar-refractivity contribution in [3.05, 3.63) is 0 Å². The third kappa shape index (κ3) is 1.37. The highest BCUT2D eigenvalue weighted by Crippen LogP contribution is 2.48. The van der Waals surface area contributed by atoms with Gasteiger partial charge in [0.25, 0.3) is 0 Å². The van der Waals surface area contributed by atoms with Gasteiger partial charge in [-0.15, -0.1) is 0 Å². The van der Waals surface area contributed by atoms with Crippen molar-refractivity contribution in [2.24, 2.45) is 16.1 Å². The fourth-order valence-electron chi connectivity index (χ4n) is 2.85. The zero-order valence-electron chi connectivity index (χ0n) is 8.41. The molecule has 78 valence electrons. The second-order valence-electron chi connectivity index (χ2n) is 4.57. The summed E-state index contributed by atoms with van der Waals surface area (Å²) in [5.74, 6) is 0.594. The van der Waals surface area contributed by atoms with Gasteiger partial charge in [0.2, 0.25) is 0 Å². The van der Waals surface area contributed by atoms with E-state index in [4.69, 9.17) is 4.74 Å². The summed E-state index contributed by atoms with van der Waals surface area (Å²) in [6.45, 7) is 2.68. The molecule has 1 N–H and O–H groups in total. The molecule has 2 unspecified atom stereocenters. The van der Waals surface area contributed by atoms with E-state index in [0.29, 0.717) is 12.0 Å². The summed E-state index contributed by atoms with van der Waals surface area (Å²) in [5.41, 5.74) is 0.0105. The SMILES string of the molecule is C1CCC2(N=N2)C(C2COCCN2)C1. The highest BCUT2D eigenvalue weighted by Gasteiger charge is 2.52. The molecule has 0 aromatic heterocycles. The van der Waals surface area contributed by atoms with Crippen molar-refractivity contribution >= 4 is 0 Å². The van der Waals surface area contributed by atoms with Gasteiger partial charge >= 0.3 is 0 Å². The van der Waals surface area contributed by atoms with Crippen LogP contribution >= 0.6 is 0 Å². The largest absolute Gasteiger partial charge is 0.379 e. The number of ether oxygens (including phenoxy) is 1. The average molecular weight is 195 g/mol. The molecule has 4 nitrogen and oxygen atoms in total. The quantitative estimate of drug-likeness (QED) is 0.686. The van der Waals surface area contributed by atoms with E-state index in [1.165, 1.54) is 19.3 Å². The fraction of sp³-hybridized carbons (Fsp3) is 1.00. The normalized spacial score (nSPS) is 40.0. The van der Waals surface area contributed by atoms with E-state index in [1.54, 1.807) is 0 Å². The minimum absolute atomic E-state index is 0.0105. The van der Waals surface area contributed by atoms with E-state index in [1.807, 2.05) is 0 Å². The molecule has 14 heavy (non-hydrogen) atoms. The Morgan fingerprint density at radius 1 is 1.29 bits per heavy atom. The molecule has 1 saturated carbocycles. The van der Waals surface area contributed by atoms with Crippen molar-refractivity contribution < 1.29 is 4.74 Å². The molecule has 0 radical (unpaired) electrons. The van der Waals surface area contributed by atoms with Crippen LogP contribution in [0.5, 0.6) is 0 Å². The first-order valence-electron chi connectivity index (χ1n) is 5.66. The van der Waals surface area contributed by atoms with Crippen LogP contribution in [0.25, 0.3) is 0 Å². The summed E-state index contributed by atoms with van der Waals surface area (Å²) in [5, 5.41) is 12.1. The lowest BCUT2D eigenvalue weighted by Gasteiger charge is -2.36. The first kappa shape index (κ1) is 8.80. The standard InChI is InChI=1S/C10H17N3O/c1-2-4-10(12-13-10)8(3-1)9-7-14-6-5-11-9/h8-9,11H,1-7H2. The third-order valence-corrected chi connectivity index (χ3v) is 3.70. The minimum Gasteiger partial charge on any atom is -0.379 e. The van der Waals surface area contributed by atoms with Gasteiger partial charge in [-0.2, -0.15) is 10.2 Å². The molecular weight excluding hydrogens is 178 g/mol. The van der Waals surface area contributed by atoms with Gasteiger partial charge in [0.05, 0.1) is 13.2 Å². The Kier molecular flexibility index (Phi) is 2.06. The Bertz CT molecular complexity index is 242. The van der Waals surface area contributed by atoms with Crippen molar-refractivity contribution in [2.75, 3.05) is 19.8 Å². The second-order valence-corrected chi connectivity index (χ2v) is 4.57. The fourth-order valence-corrected chi connectivity index (χ4v) is 2.85. The summed E-state index contributed by atoms with van der Waals surface area (Å²) in [4.78, 5) is 0. The lowest BCUT2D eigenvalue weighted by Crippen LogP contribution is -2.51. The van der Waals surface area contributed by atoms with Crippen LogP contribution in [0, 0.1) is 5.92 Å². The number of hydrogen-bond donors (Lipinski definition) is 1. The third-order valence-electron chi connectivity index (χ3n) is 3.70. The topological polar surface area (TPSA) is 46.0 Å². The first-order valence-corrected chi connectivity index (χ1v) is 5.66. The van der Waals surface area contributed by atoms with E-state index < -0.39 is 0 Å².